The number of carbonyl (C=O) groups excluding carboxylic acids is 1. The second-order valence-corrected chi connectivity index (χ2v) is 7.42. The van der Waals surface area contributed by atoms with Gasteiger partial charge in [0, 0.05) is 12.2 Å². The minimum atomic E-state index is -3.86. The first-order valence-corrected chi connectivity index (χ1v) is 9.45. The monoisotopic (exact) mass is 364 g/mol. The smallest absolute Gasteiger partial charge is 0.243 e. The molecule has 2 aromatic carbocycles. The number of benzene rings is 2. The van der Waals surface area contributed by atoms with Gasteiger partial charge in [0.2, 0.25) is 15.9 Å². The molecular formula is C18H21FN2O3S. The fourth-order valence-corrected chi connectivity index (χ4v) is 3.71. The van der Waals surface area contributed by atoms with Gasteiger partial charge in [-0.3, -0.25) is 4.79 Å². The molecule has 0 heterocycles. The van der Waals surface area contributed by atoms with Crippen LogP contribution in [0.2, 0.25) is 0 Å². The van der Waals surface area contributed by atoms with Crippen molar-refractivity contribution in [3.63, 3.8) is 0 Å². The van der Waals surface area contributed by atoms with Crippen LogP contribution in [-0.2, 0) is 21.2 Å². The van der Waals surface area contributed by atoms with E-state index < -0.39 is 21.7 Å². The van der Waals surface area contributed by atoms with Crippen LogP contribution < -0.4 is 5.32 Å². The SMILES string of the molecule is CCc1ccc(NC(=O)CN(CC)S(=O)(=O)c2ccc(F)cc2)cc1. The molecule has 2 rings (SSSR count). The molecule has 0 aromatic heterocycles. The van der Waals surface area contributed by atoms with Gasteiger partial charge in [-0.05, 0) is 48.4 Å². The minimum Gasteiger partial charge on any atom is -0.325 e. The Bertz CT molecular complexity index is 818. The van der Waals surface area contributed by atoms with E-state index in [0.29, 0.717) is 5.69 Å². The number of rotatable bonds is 7. The second-order valence-electron chi connectivity index (χ2n) is 5.48. The maximum Gasteiger partial charge on any atom is 0.243 e. The molecule has 134 valence electrons. The van der Waals surface area contributed by atoms with E-state index in [1.54, 1.807) is 19.1 Å². The van der Waals surface area contributed by atoms with Crippen LogP contribution in [0.25, 0.3) is 0 Å². The molecule has 25 heavy (non-hydrogen) atoms. The summed E-state index contributed by atoms with van der Waals surface area (Å²) in [5.41, 5.74) is 1.75. The van der Waals surface area contributed by atoms with Crippen molar-refractivity contribution in [3.05, 3.63) is 59.9 Å². The van der Waals surface area contributed by atoms with E-state index in [4.69, 9.17) is 0 Å². The number of aryl methyl sites for hydroxylation is 1. The lowest BCUT2D eigenvalue weighted by Crippen LogP contribution is -2.37. The first-order chi connectivity index (χ1) is 11.9. The Kier molecular flexibility index (Phi) is 6.27. The van der Waals surface area contributed by atoms with E-state index in [9.17, 15) is 17.6 Å². The lowest BCUT2D eigenvalue weighted by molar-refractivity contribution is -0.116. The summed E-state index contributed by atoms with van der Waals surface area (Å²) in [4.78, 5) is 12.1. The summed E-state index contributed by atoms with van der Waals surface area (Å²) in [5.74, 6) is -0.952. The van der Waals surface area contributed by atoms with Crippen LogP contribution in [-0.4, -0.2) is 31.7 Å². The molecule has 0 unspecified atom stereocenters. The van der Waals surface area contributed by atoms with Gasteiger partial charge < -0.3 is 5.32 Å². The molecule has 0 bridgehead atoms. The average molecular weight is 364 g/mol. The number of amides is 1. The van der Waals surface area contributed by atoms with Gasteiger partial charge in [0.05, 0.1) is 11.4 Å². The minimum absolute atomic E-state index is 0.0455. The number of likely N-dealkylation sites (N-methyl/N-ethyl adjacent to an activating group) is 1. The van der Waals surface area contributed by atoms with Crippen LogP contribution >= 0.6 is 0 Å². The Morgan fingerprint density at radius 2 is 1.64 bits per heavy atom. The van der Waals surface area contributed by atoms with E-state index in [2.05, 4.69) is 5.32 Å². The molecule has 0 aliphatic heterocycles. The van der Waals surface area contributed by atoms with Crippen LogP contribution in [0.5, 0.6) is 0 Å². The highest BCUT2D eigenvalue weighted by Crippen LogP contribution is 2.16. The molecule has 0 atom stereocenters. The first-order valence-electron chi connectivity index (χ1n) is 8.01. The average Bonchev–Trinajstić information content (AvgIpc) is 2.60. The van der Waals surface area contributed by atoms with Crippen LogP contribution in [0.4, 0.5) is 10.1 Å². The van der Waals surface area contributed by atoms with Crippen molar-refractivity contribution in [3.8, 4) is 0 Å². The Labute approximate surface area is 147 Å². The molecule has 2 aromatic rings. The number of anilines is 1. The van der Waals surface area contributed by atoms with Gasteiger partial charge in [-0.15, -0.1) is 0 Å². The number of nitrogens with one attached hydrogen (secondary N) is 1. The molecule has 0 fully saturated rings. The highest BCUT2D eigenvalue weighted by atomic mass is 32.2. The first kappa shape index (κ1) is 19.1. The fourth-order valence-electron chi connectivity index (χ4n) is 2.31. The third-order valence-corrected chi connectivity index (χ3v) is 5.71. The Balaban J connectivity index is 2.09. The van der Waals surface area contributed by atoms with Crippen LogP contribution in [0.15, 0.2) is 53.4 Å². The topological polar surface area (TPSA) is 66.5 Å². The highest BCUT2D eigenvalue weighted by Gasteiger charge is 2.25. The zero-order valence-electron chi connectivity index (χ0n) is 14.2. The lowest BCUT2D eigenvalue weighted by atomic mass is 10.1. The van der Waals surface area contributed by atoms with Crippen LogP contribution in [0.3, 0.4) is 0 Å². The summed E-state index contributed by atoms with van der Waals surface area (Å²) in [7, 11) is -3.86. The molecule has 1 amide bonds. The van der Waals surface area contributed by atoms with Crippen molar-refractivity contribution in [2.24, 2.45) is 0 Å². The lowest BCUT2D eigenvalue weighted by Gasteiger charge is -2.20. The molecule has 0 saturated heterocycles. The second kappa shape index (κ2) is 8.22. The van der Waals surface area contributed by atoms with Crippen LogP contribution in [0.1, 0.15) is 19.4 Å². The van der Waals surface area contributed by atoms with Gasteiger partial charge >= 0.3 is 0 Å². The van der Waals surface area contributed by atoms with Crippen molar-refractivity contribution in [1.82, 2.24) is 4.31 Å². The van der Waals surface area contributed by atoms with Gasteiger partial charge in [-0.2, -0.15) is 4.31 Å². The highest BCUT2D eigenvalue weighted by molar-refractivity contribution is 7.89. The van der Waals surface area contributed by atoms with E-state index in [1.165, 1.54) is 12.1 Å². The predicted octanol–water partition coefficient (Wildman–Crippen LogP) is 3.04. The van der Waals surface area contributed by atoms with E-state index in [1.807, 2.05) is 19.1 Å². The quantitative estimate of drug-likeness (QED) is 0.821. The van der Waals surface area contributed by atoms with Crippen molar-refractivity contribution in [2.75, 3.05) is 18.4 Å². The summed E-state index contributed by atoms with van der Waals surface area (Å²) in [6.07, 6.45) is 0.897. The van der Waals surface area contributed by atoms with Crippen LogP contribution in [0, 0.1) is 5.82 Å². The van der Waals surface area contributed by atoms with Crippen molar-refractivity contribution in [2.45, 2.75) is 25.2 Å². The standard InChI is InChI=1S/C18H21FN2O3S/c1-3-14-5-9-16(10-6-14)20-18(22)13-21(4-2)25(23,24)17-11-7-15(19)8-12-17/h5-12H,3-4,13H2,1-2H3,(H,20,22). The zero-order valence-corrected chi connectivity index (χ0v) is 15.0. The number of halogens is 1. The summed E-state index contributed by atoms with van der Waals surface area (Å²) in [6, 6.07) is 11.9. The van der Waals surface area contributed by atoms with Gasteiger partial charge in [-0.25, -0.2) is 12.8 Å². The molecule has 0 spiro atoms. The zero-order chi connectivity index (χ0) is 18.4. The van der Waals surface area contributed by atoms with Crippen molar-refractivity contribution in [1.29, 1.82) is 0 Å². The molecule has 0 radical (unpaired) electrons. The van der Waals surface area contributed by atoms with Gasteiger partial charge in [-0.1, -0.05) is 26.0 Å². The van der Waals surface area contributed by atoms with E-state index in [-0.39, 0.29) is 18.0 Å². The third-order valence-electron chi connectivity index (χ3n) is 3.77. The summed E-state index contributed by atoms with van der Waals surface area (Å²) >= 11 is 0. The van der Waals surface area contributed by atoms with Gasteiger partial charge in [0.1, 0.15) is 5.82 Å². The molecule has 0 aliphatic rings. The van der Waals surface area contributed by atoms with E-state index >= 15 is 0 Å². The summed E-state index contributed by atoms with van der Waals surface area (Å²) in [6.45, 7) is 3.49. The largest absolute Gasteiger partial charge is 0.325 e. The maximum atomic E-state index is 13.0. The van der Waals surface area contributed by atoms with Crippen molar-refractivity contribution >= 4 is 21.6 Å². The van der Waals surface area contributed by atoms with Crippen molar-refractivity contribution < 1.29 is 17.6 Å². The molecule has 0 saturated carbocycles. The third kappa shape index (κ3) is 4.87. The fraction of sp³-hybridized carbons (Fsp3) is 0.278. The number of hydrogen-bond donors (Lipinski definition) is 1. The maximum absolute atomic E-state index is 13.0. The summed E-state index contributed by atoms with van der Waals surface area (Å²) < 4.78 is 39.2. The molecule has 1 N–H and O–H groups in total. The molecule has 7 heteroatoms. The van der Waals surface area contributed by atoms with Gasteiger partial charge in [0.25, 0.3) is 0 Å². The number of hydrogen-bond acceptors (Lipinski definition) is 3. The number of nitrogens with zero attached hydrogens (tertiary/aromatic N) is 1. The van der Waals surface area contributed by atoms with Gasteiger partial charge in [0.15, 0.2) is 0 Å². The normalized spacial score (nSPS) is 11.5. The van der Waals surface area contributed by atoms with E-state index in [0.717, 1.165) is 28.4 Å². The number of carbonyl (C=O) groups is 1. The Morgan fingerprint density at radius 3 is 2.16 bits per heavy atom. The predicted molar refractivity (Wildman–Crippen MR) is 95.3 cm³/mol. The number of sulfonamides is 1. The Hall–Kier alpha value is -2.25. The molecule has 0 aliphatic carbocycles. The molecular weight excluding hydrogens is 343 g/mol. The summed E-state index contributed by atoms with van der Waals surface area (Å²) in [5, 5.41) is 2.69. The molecule has 5 nitrogen and oxygen atoms in total. The Morgan fingerprint density at radius 1 is 1.04 bits per heavy atom.